The van der Waals surface area contributed by atoms with E-state index in [0.29, 0.717) is 5.92 Å². The highest BCUT2D eigenvalue weighted by atomic mass is 14.2. The Hall–Kier alpha value is -1.50. The van der Waals surface area contributed by atoms with Crippen LogP contribution in [0.3, 0.4) is 0 Å². The predicted molar refractivity (Wildman–Crippen MR) is 74.5 cm³/mol. The van der Waals surface area contributed by atoms with Crippen LogP contribution >= 0.6 is 0 Å². The SMILES string of the molecule is [B]C(CC)C(c1ccccc1)c1ccccc1. The van der Waals surface area contributed by atoms with Crippen molar-refractivity contribution in [2.45, 2.75) is 25.1 Å². The Labute approximate surface area is 105 Å². The molecule has 0 aliphatic carbocycles. The number of benzene rings is 2. The molecule has 1 atom stereocenters. The standard InChI is InChI=1S/C16H17B/c1-2-15(17)16(13-9-5-3-6-10-13)14-11-7-4-8-12-14/h3-12,15-16H,2H2,1H3. The zero-order valence-corrected chi connectivity index (χ0v) is 10.2. The van der Waals surface area contributed by atoms with Gasteiger partial charge in [0.1, 0.15) is 0 Å². The van der Waals surface area contributed by atoms with E-state index in [2.05, 4.69) is 55.5 Å². The van der Waals surface area contributed by atoms with Gasteiger partial charge in [0.2, 0.25) is 0 Å². The van der Waals surface area contributed by atoms with Crippen molar-refractivity contribution in [1.82, 2.24) is 0 Å². The van der Waals surface area contributed by atoms with Crippen molar-refractivity contribution in [2.24, 2.45) is 0 Å². The third-order valence-corrected chi connectivity index (χ3v) is 3.22. The molecular weight excluding hydrogens is 203 g/mol. The van der Waals surface area contributed by atoms with E-state index in [1.54, 1.807) is 0 Å². The summed E-state index contributed by atoms with van der Waals surface area (Å²) in [7, 11) is 6.28. The summed E-state index contributed by atoms with van der Waals surface area (Å²) >= 11 is 0. The summed E-state index contributed by atoms with van der Waals surface area (Å²) in [6.07, 6.45) is 0.981. The summed E-state index contributed by atoms with van der Waals surface area (Å²) in [4.78, 5) is 0. The molecule has 84 valence electrons. The Balaban J connectivity index is 2.39. The fourth-order valence-electron chi connectivity index (χ4n) is 2.24. The minimum Gasteiger partial charge on any atom is -0.0669 e. The van der Waals surface area contributed by atoms with Crippen molar-refractivity contribution in [3.63, 3.8) is 0 Å². The molecule has 0 nitrogen and oxygen atoms in total. The molecule has 0 saturated carbocycles. The van der Waals surface area contributed by atoms with Gasteiger partial charge in [-0.1, -0.05) is 79.8 Å². The minimum atomic E-state index is 0.166. The lowest BCUT2D eigenvalue weighted by Crippen LogP contribution is -2.08. The summed E-state index contributed by atoms with van der Waals surface area (Å²) in [5, 5.41) is 0. The number of hydrogen-bond donors (Lipinski definition) is 0. The van der Waals surface area contributed by atoms with Crippen LogP contribution in [0.5, 0.6) is 0 Å². The lowest BCUT2D eigenvalue weighted by molar-refractivity contribution is 0.696. The zero-order valence-electron chi connectivity index (χ0n) is 10.2. The molecule has 1 heteroatoms. The van der Waals surface area contributed by atoms with Crippen molar-refractivity contribution < 1.29 is 0 Å². The molecule has 0 heterocycles. The van der Waals surface area contributed by atoms with Crippen LogP contribution in [0.1, 0.15) is 30.4 Å². The molecule has 0 aliphatic rings. The second-order valence-electron chi connectivity index (χ2n) is 4.37. The molecule has 0 aromatic heterocycles. The summed E-state index contributed by atoms with van der Waals surface area (Å²) in [5.41, 5.74) is 2.60. The van der Waals surface area contributed by atoms with Gasteiger partial charge in [-0.2, -0.15) is 0 Å². The van der Waals surface area contributed by atoms with E-state index < -0.39 is 0 Å². The van der Waals surface area contributed by atoms with Crippen molar-refractivity contribution in [3.05, 3.63) is 71.8 Å². The van der Waals surface area contributed by atoms with Gasteiger partial charge in [0.05, 0.1) is 7.85 Å². The van der Waals surface area contributed by atoms with Gasteiger partial charge >= 0.3 is 0 Å². The van der Waals surface area contributed by atoms with Crippen molar-refractivity contribution in [2.75, 3.05) is 0 Å². The molecule has 2 radical (unpaired) electrons. The largest absolute Gasteiger partial charge is 0.0712 e. The molecule has 17 heavy (non-hydrogen) atoms. The van der Waals surface area contributed by atoms with Crippen LogP contribution in [0.4, 0.5) is 0 Å². The van der Waals surface area contributed by atoms with Gasteiger partial charge in [-0.05, 0) is 11.1 Å². The van der Waals surface area contributed by atoms with Crippen molar-refractivity contribution in [3.8, 4) is 0 Å². The monoisotopic (exact) mass is 220 g/mol. The molecule has 2 rings (SSSR count). The number of rotatable bonds is 4. The maximum atomic E-state index is 6.28. The van der Waals surface area contributed by atoms with Crippen LogP contribution in [0.25, 0.3) is 0 Å². The molecule has 2 aromatic carbocycles. The Morgan fingerprint density at radius 1 is 0.824 bits per heavy atom. The van der Waals surface area contributed by atoms with Crippen molar-refractivity contribution >= 4 is 7.85 Å². The topological polar surface area (TPSA) is 0 Å². The fraction of sp³-hybridized carbons (Fsp3) is 0.250. The number of hydrogen-bond acceptors (Lipinski definition) is 0. The van der Waals surface area contributed by atoms with Crippen LogP contribution in [0.2, 0.25) is 5.82 Å². The van der Waals surface area contributed by atoms with Gasteiger partial charge in [0.25, 0.3) is 0 Å². The van der Waals surface area contributed by atoms with E-state index in [-0.39, 0.29) is 5.82 Å². The van der Waals surface area contributed by atoms with Gasteiger partial charge in [-0.15, -0.1) is 0 Å². The average molecular weight is 220 g/mol. The van der Waals surface area contributed by atoms with Crippen LogP contribution in [0.15, 0.2) is 60.7 Å². The third kappa shape index (κ3) is 2.79. The summed E-state index contributed by atoms with van der Waals surface area (Å²) in [5.74, 6) is 0.460. The van der Waals surface area contributed by atoms with E-state index in [4.69, 9.17) is 7.85 Å². The van der Waals surface area contributed by atoms with Crippen LogP contribution in [0, 0.1) is 0 Å². The molecule has 0 amide bonds. The maximum absolute atomic E-state index is 6.28. The highest BCUT2D eigenvalue weighted by Crippen LogP contribution is 2.35. The van der Waals surface area contributed by atoms with Crippen molar-refractivity contribution in [1.29, 1.82) is 0 Å². The first-order valence-electron chi connectivity index (χ1n) is 6.18. The second kappa shape index (κ2) is 5.72. The Kier molecular flexibility index (Phi) is 4.03. The molecule has 2 aromatic rings. The fourth-order valence-corrected chi connectivity index (χ4v) is 2.24. The van der Waals surface area contributed by atoms with Crippen LogP contribution < -0.4 is 0 Å². The predicted octanol–water partition coefficient (Wildman–Crippen LogP) is 4.19. The normalized spacial score (nSPS) is 12.6. The first-order chi connectivity index (χ1) is 8.33. The molecule has 0 bridgehead atoms. The average Bonchev–Trinajstić information content (AvgIpc) is 2.41. The van der Waals surface area contributed by atoms with E-state index in [1.165, 1.54) is 11.1 Å². The van der Waals surface area contributed by atoms with E-state index in [0.717, 1.165) is 6.42 Å². The van der Waals surface area contributed by atoms with Gasteiger partial charge in [-0.3, -0.25) is 0 Å². The Bertz CT molecular complexity index is 396. The van der Waals surface area contributed by atoms with E-state index >= 15 is 0 Å². The van der Waals surface area contributed by atoms with E-state index in [9.17, 15) is 0 Å². The first-order valence-corrected chi connectivity index (χ1v) is 6.18. The van der Waals surface area contributed by atoms with Gasteiger partial charge in [-0.25, -0.2) is 0 Å². The highest BCUT2D eigenvalue weighted by molar-refractivity contribution is 6.12. The second-order valence-corrected chi connectivity index (χ2v) is 4.37. The summed E-state index contributed by atoms with van der Waals surface area (Å²) < 4.78 is 0. The molecule has 0 fully saturated rings. The maximum Gasteiger partial charge on any atom is 0.0712 e. The molecule has 1 unspecified atom stereocenters. The van der Waals surface area contributed by atoms with Gasteiger partial charge in [0.15, 0.2) is 0 Å². The molecular formula is C16H17B. The summed E-state index contributed by atoms with van der Waals surface area (Å²) in [6, 6.07) is 21.0. The first kappa shape index (κ1) is 12.0. The molecule has 0 N–H and O–H groups in total. The lowest BCUT2D eigenvalue weighted by Gasteiger charge is -2.24. The molecule has 0 saturated heterocycles. The Morgan fingerprint density at radius 3 is 1.59 bits per heavy atom. The third-order valence-electron chi connectivity index (χ3n) is 3.22. The smallest absolute Gasteiger partial charge is 0.0669 e. The van der Waals surface area contributed by atoms with E-state index in [1.807, 2.05) is 12.1 Å². The van der Waals surface area contributed by atoms with Crippen LogP contribution in [-0.4, -0.2) is 7.85 Å². The highest BCUT2D eigenvalue weighted by Gasteiger charge is 2.18. The van der Waals surface area contributed by atoms with Gasteiger partial charge < -0.3 is 0 Å². The molecule has 0 aliphatic heterocycles. The van der Waals surface area contributed by atoms with Crippen LogP contribution in [-0.2, 0) is 0 Å². The zero-order chi connectivity index (χ0) is 12.1. The van der Waals surface area contributed by atoms with Gasteiger partial charge in [0, 0.05) is 5.92 Å². The minimum absolute atomic E-state index is 0.166. The molecule has 0 spiro atoms. The summed E-state index contributed by atoms with van der Waals surface area (Å²) in [6.45, 7) is 2.14. The quantitative estimate of drug-likeness (QED) is 0.678. The lowest BCUT2D eigenvalue weighted by atomic mass is 9.69. The Morgan fingerprint density at radius 2 is 1.24 bits per heavy atom.